The van der Waals surface area contributed by atoms with Gasteiger partial charge in [-0.15, -0.1) is 11.8 Å². The number of carboxylic acids is 1. The molecule has 27 heavy (non-hydrogen) atoms. The lowest BCUT2D eigenvalue weighted by molar-refractivity contribution is -0.137. The highest BCUT2D eigenvalue weighted by Crippen LogP contribution is 2.34. The van der Waals surface area contributed by atoms with E-state index >= 15 is 0 Å². The number of alkyl halides is 3. The van der Waals surface area contributed by atoms with E-state index in [2.05, 4.69) is 21.2 Å². The van der Waals surface area contributed by atoms with Crippen LogP contribution in [0.1, 0.15) is 11.1 Å². The van der Waals surface area contributed by atoms with E-state index in [0.717, 1.165) is 28.4 Å². The number of hydrogen-bond acceptors (Lipinski definition) is 3. The van der Waals surface area contributed by atoms with Crippen LogP contribution in [0.2, 0.25) is 0 Å². The lowest BCUT2D eigenvalue weighted by Gasteiger charge is -2.13. The number of para-hydroxylation sites is 1. The molecule has 2 rings (SSSR count). The predicted octanol–water partition coefficient (Wildman–Crippen LogP) is 5.27. The molecule has 0 aliphatic carbocycles. The molecule has 0 aliphatic heterocycles. The van der Waals surface area contributed by atoms with E-state index in [-0.39, 0.29) is 16.3 Å². The zero-order valence-electron chi connectivity index (χ0n) is 13.6. The first-order valence-electron chi connectivity index (χ1n) is 7.46. The summed E-state index contributed by atoms with van der Waals surface area (Å²) in [6, 6.07) is 11.4. The third-order valence-corrected chi connectivity index (χ3v) is 4.78. The smallest absolute Gasteiger partial charge is 0.418 e. The normalized spacial score (nSPS) is 11.9. The third kappa shape index (κ3) is 6.44. The van der Waals surface area contributed by atoms with E-state index in [4.69, 9.17) is 0 Å². The summed E-state index contributed by atoms with van der Waals surface area (Å²) in [6.45, 7) is 0. The van der Waals surface area contributed by atoms with Gasteiger partial charge in [0.15, 0.2) is 0 Å². The Morgan fingerprint density at radius 2 is 1.74 bits per heavy atom. The van der Waals surface area contributed by atoms with Gasteiger partial charge in [-0.3, -0.25) is 4.79 Å². The molecule has 2 aromatic rings. The van der Waals surface area contributed by atoms with Crippen molar-refractivity contribution < 1.29 is 27.9 Å². The second-order valence-electron chi connectivity index (χ2n) is 5.25. The highest BCUT2D eigenvalue weighted by atomic mass is 79.9. The fourth-order valence-corrected chi connectivity index (χ4v) is 3.01. The van der Waals surface area contributed by atoms with Gasteiger partial charge < -0.3 is 10.4 Å². The van der Waals surface area contributed by atoms with Crippen molar-refractivity contribution >= 4 is 51.3 Å². The molecule has 9 heteroatoms. The summed E-state index contributed by atoms with van der Waals surface area (Å²) in [6.07, 6.45) is -3.22. The monoisotopic (exact) mass is 459 g/mol. The fraction of sp³-hybridized carbons (Fsp3) is 0.111. The van der Waals surface area contributed by atoms with Crippen molar-refractivity contribution in [3.63, 3.8) is 0 Å². The number of hydrogen-bond donors (Lipinski definition) is 2. The first kappa shape index (κ1) is 21.0. The topological polar surface area (TPSA) is 66.4 Å². The van der Waals surface area contributed by atoms with Crippen molar-refractivity contribution in [2.24, 2.45) is 0 Å². The van der Waals surface area contributed by atoms with Crippen molar-refractivity contribution in [3.8, 4) is 0 Å². The summed E-state index contributed by atoms with van der Waals surface area (Å²) < 4.78 is 39.7. The van der Waals surface area contributed by atoms with Crippen molar-refractivity contribution in [1.82, 2.24) is 0 Å². The summed E-state index contributed by atoms with van der Waals surface area (Å²) in [7, 11) is 0. The van der Waals surface area contributed by atoms with E-state index in [1.165, 1.54) is 18.2 Å². The fourth-order valence-electron chi connectivity index (χ4n) is 2.04. The maximum absolute atomic E-state index is 12.9. The molecule has 0 aliphatic rings. The average molecular weight is 460 g/mol. The molecule has 1 amide bonds. The Kier molecular flexibility index (Phi) is 7.09. The summed E-state index contributed by atoms with van der Waals surface area (Å²) in [5.41, 5.74) is -0.720. The van der Waals surface area contributed by atoms with Gasteiger partial charge >= 0.3 is 12.1 Å². The Balaban J connectivity index is 2.07. The van der Waals surface area contributed by atoms with Crippen molar-refractivity contribution in [2.45, 2.75) is 6.18 Å². The Hall–Kier alpha value is -2.26. The maximum atomic E-state index is 12.9. The van der Waals surface area contributed by atoms with E-state index < -0.39 is 23.6 Å². The third-order valence-electron chi connectivity index (χ3n) is 3.24. The number of carbonyl (C=O) groups is 2. The summed E-state index contributed by atoms with van der Waals surface area (Å²) in [5, 5.41) is 11.4. The maximum Gasteiger partial charge on any atom is 0.418 e. The summed E-state index contributed by atoms with van der Waals surface area (Å²) in [5.74, 6) is -2.31. The Morgan fingerprint density at radius 3 is 2.33 bits per heavy atom. The van der Waals surface area contributed by atoms with Crippen molar-refractivity contribution in [3.05, 3.63) is 69.0 Å². The molecule has 0 spiro atoms. The molecule has 2 N–H and O–H groups in total. The first-order valence-corrected chi connectivity index (χ1v) is 9.24. The standard InChI is InChI=1S/C18H13BrF3NO3S/c19-12-7-5-11(6-8-12)9-15(17(25)26)27-10-16(24)23-14-4-2-1-3-13(14)18(20,21)22/h1-9H,10H2,(H,23,24)(H,25,26)/b15-9+. The van der Waals surface area contributed by atoms with Crippen LogP contribution in [-0.4, -0.2) is 22.7 Å². The van der Waals surface area contributed by atoms with Crippen molar-refractivity contribution in [1.29, 1.82) is 0 Å². The highest BCUT2D eigenvalue weighted by Gasteiger charge is 2.33. The Labute approximate surface area is 165 Å². The number of rotatable bonds is 6. The second-order valence-corrected chi connectivity index (χ2v) is 7.18. The van der Waals surface area contributed by atoms with E-state index in [1.54, 1.807) is 24.3 Å². The minimum Gasteiger partial charge on any atom is -0.477 e. The lowest BCUT2D eigenvalue weighted by Crippen LogP contribution is -2.18. The molecular weight excluding hydrogens is 447 g/mol. The molecule has 2 aromatic carbocycles. The van der Waals surface area contributed by atoms with Gasteiger partial charge in [0.2, 0.25) is 5.91 Å². The van der Waals surface area contributed by atoms with Gasteiger partial charge in [-0.2, -0.15) is 13.2 Å². The molecule has 0 unspecified atom stereocenters. The Bertz CT molecular complexity index is 867. The van der Waals surface area contributed by atoms with E-state index in [0.29, 0.717) is 5.56 Å². The number of anilines is 1. The van der Waals surface area contributed by atoms with Crippen LogP contribution >= 0.6 is 27.7 Å². The van der Waals surface area contributed by atoms with Gasteiger partial charge in [-0.05, 0) is 35.9 Å². The van der Waals surface area contributed by atoms with E-state index in [1.807, 2.05) is 0 Å². The van der Waals surface area contributed by atoms with Crippen molar-refractivity contribution in [2.75, 3.05) is 11.1 Å². The van der Waals surface area contributed by atoms with Gasteiger partial charge in [0.1, 0.15) is 0 Å². The van der Waals surface area contributed by atoms with Gasteiger partial charge in [0.05, 0.1) is 21.9 Å². The second kappa shape index (κ2) is 9.09. The highest BCUT2D eigenvalue weighted by molar-refractivity contribution is 9.10. The number of amides is 1. The van der Waals surface area contributed by atoms with E-state index in [9.17, 15) is 27.9 Å². The molecule has 0 fully saturated rings. The van der Waals surface area contributed by atoms with Gasteiger partial charge in [0, 0.05) is 4.47 Å². The number of nitrogens with one attached hydrogen (secondary N) is 1. The molecule has 0 bridgehead atoms. The molecule has 4 nitrogen and oxygen atoms in total. The van der Waals surface area contributed by atoms with Gasteiger partial charge in [0.25, 0.3) is 0 Å². The quantitative estimate of drug-likeness (QED) is 0.577. The SMILES string of the molecule is O=C(CS/C(=C/c1ccc(Br)cc1)C(=O)O)Nc1ccccc1C(F)(F)F. The minimum atomic E-state index is -4.61. The molecule has 0 heterocycles. The number of halogens is 4. The first-order chi connectivity index (χ1) is 12.7. The molecule has 0 radical (unpaired) electrons. The van der Waals surface area contributed by atoms with Crippen LogP contribution in [0, 0.1) is 0 Å². The number of thioether (sulfide) groups is 1. The molecular formula is C18H13BrF3NO3S. The van der Waals surface area contributed by atoms with Crippen LogP contribution in [0.15, 0.2) is 57.9 Å². The molecule has 142 valence electrons. The average Bonchev–Trinajstić information content (AvgIpc) is 2.59. The number of carboxylic acid groups (broad SMARTS) is 1. The number of benzene rings is 2. The van der Waals surface area contributed by atoms with Crippen LogP contribution in [0.25, 0.3) is 6.08 Å². The molecule has 0 saturated heterocycles. The zero-order chi connectivity index (χ0) is 20.0. The van der Waals surface area contributed by atoms with Crippen LogP contribution in [0.3, 0.4) is 0 Å². The Morgan fingerprint density at radius 1 is 1.11 bits per heavy atom. The molecule has 0 saturated carbocycles. The van der Waals surface area contributed by atoms with Gasteiger partial charge in [-0.1, -0.05) is 40.2 Å². The molecule has 0 atom stereocenters. The predicted molar refractivity (Wildman–Crippen MR) is 102 cm³/mol. The molecule has 0 aromatic heterocycles. The number of aliphatic carboxylic acids is 1. The van der Waals surface area contributed by atoms with Crippen LogP contribution in [0.4, 0.5) is 18.9 Å². The van der Waals surface area contributed by atoms with Crippen LogP contribution in [0.5, 0.6) is 0 Å². The van der Waals surface area contributed by atoms with Crippen LogP contribution < -0.4 is 5.32 Å². The van der Waals surface area contributed by atoms with Gasteiger partial charge in [-0.25, -0.2) is 4.79 Å². The van der Waals surface area contributed by atoms with Crippen LogP contribution in [-0.2, 0) is 15.8 Å². The summed E-state index contributed by atoms with van der Waals surface area (Å²) >= 11 is 3.99. The zero-order valence-corrected chi connectivity index (χ0v) is 16.0. The largest absolute Gasteiger partial charge is 0.477 e. The lowest BCUT2D eigenvalue weighted by atomic mass is 10.1. The number of carbonyl (C=O) groups excluding carboxylic acids is 1. The minimum absolute atomic E-state index is 0.100. The summed E-state index contributed by atoms with van der Waals surface area (Å²) in [4.78, 5) is 23.2.